The van der Waals surface area contributed by atoms with Crippen LogP contribution in [-0.4, -0.2) is 51.8 Å². The third-order valence-electron chi connectivity index (χ3n) is 6.14. The first-order chi connectivity index (χ1) is 14.6. The van der Waals surface area contributed by atoms with E-state index in [1.54, 1.807) is 22.9 Å². The van der Waals surface area contributed by atoms with Crippen molar-refractivity contribution in [2.45, 2.75) is 63.6 Å². The SMILES string of the molecule is O=C(Cn1ncc(=O)c2ccccc21)NC1CCN(C(=O)NC2CCCCC2)CC1. The Kier molecular flexibility index (Phi) is 6.30. The van der Waals surface area contributed by atoms with E-state index in [1.165, 1.54) is 25.5 Å². The van der Waals surface area contributed by atoms with Crippen molar-refractivity contribution in [2.24, 2.45) is 0 Å². The lowest BCUT2D eigenvalue weighted by Crippen LogP contribution is -2.51. The molecule has 0 spiro atoms. The lowest BCUT2D eigenvalue weighted by atomic mass is 9.95. The predicted molar refractivity (Wildman–Crippen MR) is 114 cm³/mol. The maximum Gasteiger partial charge on any atom is 0.317 e. The molecule has 0 radical (unpaired) electrons. The van der Waals surface area contributed by atoms with Crippen molar-refractivity contribution in [1.29, 1.82) is 0 Å². The van der Waals surface area contributed by atoms with Crippen LogP contribution in [-0.2, 0) is 11.3 Å². The molecule has 2 N–H and O–H groups in total. The number of rotatable bonds is 4. The number of para-hydroxylation sites is 1. The number of benzene rings is 1. The van der Waals surface area contributed by atoms with E-state index in [0.29, 0.717) is 30.0 Å². The average Bonchev–Trinajstić information content (AvgIpc) is 2.77. The lowest BCUT2D eigenvalue weighted by Gasteiger charge is -2.34. The van der Waals surface area contributed by atoms with Crippen molar-refractivity contribution in [3.63, 3.8) is 0 Å². The topological polar surface area (TPSA) is 96.3 Å². The Balaban J connectivity index is 1.27. The number of fused-ring (bicyclic) bond motifs is 1. The summed E-state index contributed by atoms with van der Waals surface area (Å²) < 4.78 is 1.55. The van der Waals surface area contributed by atoms with Gasteiger partial charge in [0, 0.05) is 30.6 Å². The number of likely N-dealkylation sites (tertiary alicyclic amines) is 1. The number of aromatic nitrogens is 2. The van der Waals surface area contributed by atoms with E-state index in [-0.39, 0.29) is 30.0 Å². The van der Waals surface area contributed by atoms with E-state index < -0.39 is 0 Å². The Morgan fingerprint density at radius 2 is 1.67 bits per heavy atom. The number of nitrogens with zero attached hydrogens (tertiary/aromatic N) is 3. The summed E-state index contributed by atoms with van der Waals surface area (Å²) in [5.41, 5.74) is 0.496. The van der Waals surface area contributed by atoms with Crippen molar-refractivity contribution in [2.75, 3.05) is 13.1 Å². The molecule has 8 heteroatoms. The van der Waals surface area contributed by atoms with Gasteiger partial charge >= 0.3 is 6.03 Å². The summed E-state index contributed by atoms with van der Waals surface area (Å²) in [4.78, 5) is 38.8. The Morgan fingerprint density at radius 1 is 0.967 bits per heavy atom. The van der Waals surface area contributed by atoms with Gasteiger partial charge in [-0.25, -0.2) is 4.79 Å². The quantitative estimate of drug-likeness (QED) is 0.804. The van der Waals surface area contributed by atoms with E-state index in [4.69, 9.17) is 0 Å². The molecular weight excluding hydrogens is 382 g/mol. The minimum atomic E-state index is -0.152. The minimum Gasteiger partial charge on any atom is -0.352 e. The van der Waals surface area contributed by atoms with Crippen molar-refractivity contribution in [1.82, 2.24) is 25.3 Å². The Hall–Kier alpha value is -2.90. The molecule has 1 aliphatic heterocycles. The third kappa shape index (κ3) is 4.80. The predicted octanol–water partition coefficient (Wildman–Crippen LogP) is 2.02. The summed E-state index contributed by atoms with van der Waals surface area (Å²) in [6, 6.07) is 7.53. The van der Waals surface area contributed by atoms with E-state index in [0.717, 1.165) is 25.7 Å². The molecule has 1 aromatic heterocycles. The van der Waals surface area contributed by atoms with Crippen LogP contribution >= 0.6 is 0 Å². The second kappa shape index (κ2) is 9.28. The molecule has 4 rings (SSSR count). The molecule has 2 aliphatic rings. The van der Waals surface area contributed by atoms with E-state index in [1.807, 2.05) is 11.0 Å². The second-order valence-electron chi connectivity index (χ2n) is 8.30. The summed E-state index contributed by atoms with van der Waals surface area (Å²) in [6.07, 6.45) is 8.53. The maximum atomic E-state index is 12.5. The highest BCUT2D eigenvalue weighted by atomic mass is 16.2. The normalized spacial score (nSPS) is 18.3. The fourth-order valence-corrected chi connectivity index (χ4v) is 4.44. The van der Waals surface area contributed by atoms with E-state index >= 15 is 0 Å². The number of nitrogens with one attached hydrogen (secondary N) is 2. The molecule has 1 saturated carbocycles. The van der Waals surface area contributed by atoms with Crippen LogP contribution in [0.5, 0.6) is 0 Å². The van der Waals surface area contributed by atoms with Gasteiger partial charge in [-0.05, 0) is 37.8 Å². The fourth-order valence-electron chi connectivity index (χ4n) is 4.44. The lowest BCUT2D eigenvalue weighted by molar-refractivity contribution is -0.122. The largest absolute Gasteiger partial charge is 0.352 e. The summed E-state index contributed by atoms with van der Waals surface area (Å²) in [5.74, 6) is -0.138. The van der Waals surface area contributed by atoms with Crippen LogP contribution < -0.4 is 16.1 Å². The van der Waals surface area contributed by atoms with Crippen molar-refractivity contribution >= 4 is 22.8 Å². The highest BCUT2D eigenvalue weighted by molar-refractivity contribution is 5.81. The molecule has 160 valence electrons. The van der Waals surface area contributed by atoms with Gasteiger partial charge in [0.2, 0.25) is 11.3 Å². The Bertz CT molecular complexity index is 959. The minimum absolute atomic E-state index is 0.0237. The summed E-state index contributed by atoms with van der Waals surface area (Å²) in [6.45, 7) is 1.34. The molecule has 2 fully saturated rings. The molecule has 1 saturated heterocycles. The highest BCUT2D eigenvalue weighted by Gasteiger charge is 2.26. The van der Waals surface area contributed by atoms with Crippen LogP contribution in [0.1, 0.15) is 44.9 Å². The third-order valence-corrected chi connectivity index (χ3v) is 6.14. The molecule has 8 nitrogen and oxygen atoms in total. The van der Waals surface area contributed by atoms with Crippen LogP contribution in [0.4, 0.5) is 4.79 Å². The molecule has 2 aromatic rings. The number of urea groups is 1. The maximum absolute atomic E-state index is 12.5. The van der Waals surface area contributed by atoms with Crippen LogP contribution in [0.15, 0.2) is 35.3 Å². The molecule has 2 heterocycles. The van der Waals surface area contributed by atoms with Gasteiger partial charge in [0.05, 0.1) is 11.7 Å². The van der Waals surface area contributed by atoms with E-state index in [2.05, 4.69) is 15.7 Å². The smallest absolute Gasteiger partial charge is 0.317 e. The van der Waals surface area contributed by atoms with Gasteiger partial charge in [-0.15, -0.1) is 0 Å². The summed E-state index contributed by atoms with van der Waals surface area (Å²) >= 11 is 0. The number of amides is 3. The molecule has 1 aromatic carbocycles. The number of hydrogen-bond acceptors (Lipinski definition) is 4. The molecule has 30 heavy (non-hydrogen) atoms. The van der Waals surface area contributed by atoms with Crippen LogP contribution in [0.3, 0.4) is 0 Å². The highest BCUT2D eigenvalue weighted by Crippen LogP contribution is 2.18. The van der Waals surface area contributed by atoms with Crippen LogP contribution in [0, 0.1) is 0 Å². The molecule has 3 amide bonds. The molecule has 0 bridgehead atoms. The summed E-state index contributed by atoms with van der Waals surface area (Å²) in [7, 11) is 0. The van der Waals surface area contributed by atoms with E-state index in [9.17, 15) is 14.4 Å². The average molecular weight is 412 g/mol. The summed E-state index contributed by atoms with van der Waals surface area (Å²) in [5, 5.41) is 10.9. The number of hydrogen-bond donors (Lipinski definition) is 2. The molecule has 1 aliphatic carbocycles. The second-order valence-corrected chi connectivity index (χ2v) is 8.30. The Labute approximate surface area is 175 Å². The van der Waals surface area contributed by atoms with Crippen LogP contribution in [0.2, 0.25) is 0 Å². The standard InChI is InChI=1S/C22H29N5O3/c28-20-14-23-27(19-9-5-4-8-18(19)20)15-21(29)24-17-10-12-26(13-11-17)22(30)25-16-6-2-1-3-7-16/h4-5,8-9,14,16-17H,1-3,6-7,10-13,15H2,(H,24,29)(H,25,30). The molecular formula is C22H29N5O3. The molecule has 0 unspecified atom stereocenters. The van der Waals surface area contributed by atoms with Gasteiger partial charge in [-0.1, -0.05) is 31.4 Å². The van der Waals surface area contributed by atoms with Crippen molar-refractivity contribution in [3.05, 3.63) is 40.7 Å². The van der Waals surface area contributed by atoms with Crippen molar-refractivity contribution in [3.8, 4) is 0 Å². The van der Waals surface area contributed by atoms with Gasteiger partial charge in [0.15, 0.2) is 0 Å². The monoisotopic (exact) mass is 411 g/mol. The first-order valence-corrected chi connectivity index (χ1v) is 10.9. The zero-order valence-electron chi connectivity index (χ0n) is 17.2. The van der Waals surface area contributed by atoms with Gasteiger partial charge in [0.1, 0.15) is 6.54 Å². The van der Waals surface area contributed by atoms with Gasteiger partial charge in [-0.2, -0.15) is 5.10 Å². The number of piperidine rings is 1. The zero-order chi connectivity index (χ0) is 20.9. The first kappa shape index (κ1) is 20.4. The van der Waals surface area contributed by atoms with Crippen LogP contribution in [0.25, 0.3) is 10.9 Å². The number of carbonyl (C=O) groups excluding carboxylic acids is 2. The number of carbonyl (C=O) groups is 2. The Morgan fingerprint density at radius 3 is 2.43 bits per heavy atom. The van der Waals surface area contributed by atoms with Gasteiger partial charge in [0.25, 0.3) is 0 Å². The van der Waals surface area contributed by atoms with Crippen molar-refractivity contribution < 1.29 is 9.59 Å². The van der Waals surface area contributed by atoms with Gasteiger partial charge < -0.3 is 15.5 Å². The molecule has 0 atom stereocenters. The van der Waals surface area contributed by atoms with Gasteiger partial charge in [-0.3, -0.25) is 14.3 Å². The first-order valence-electron chi connectivity index (χ1n) is 10.9. The zero-order valence-corrected chi connectivity index (χ0v) is 17.2. The fraction of sp³-hybridized carbons (Fsp3) is 0.545.